The van der Waals surface area contributed by atoms with E-state index in [-0.39, 0.29) is 5.78 Å². The van der Waals surface area contributed by atoms with Crippen molar-refractivity contribution in [3.05, 3.63) is 27.2 Å². The van der Waals surface area contributed by atoms with Gasteiger partial charge >= 0.3 is 0 Å². The Hall–Kier alpha value is -1.46. The maximum absolute atomic E-state index is 11.7. The second-order valence-corrected chi connectivity index (χ2v) is 5.85. The van der Waals surface area contributed by atoms with E-state index < -0.39 is 0 Å². The van der Waals surface area contributed by atoms with Gasteiger partial charge in [-0.15, -0.1) is 11.3 Å². The highest BCUT2D eigenvalue weighted by Gasteiger charge is 2.17. The lowest BCUT2D eigenvalue weighted by molar-refractivity contribution is 0.101. The van der Waals surface area contributed by atoms with Crippen LogP contribution < -0.4 is 0 Å². The van der Waals surface area contributed by atoms with E-state index in [1.807, 2.05) is 19.2 Å². The Balaban J connectivity index is 2.24. The van der Waals surface area contributed by atoms with Crippen LogP contribution in [0.1, 0.15) is 40.0 Å². The lowest BCUT2D eigenvalue weighted by Crippen LogP contribution is -1.95. The first-order valence-electron chi connectivity index (χ1n) is 6.68. The van der Waals surface area contributed by atoms with Gasteiger partial charge in [0.1, 0.15) is 0 Å². The molecule has 2 rings (SSSR count). The van der Waals surface area contributed by atoms with Gasteiger partial charge < -0.3 is 9.72 Å². The Morgan fingerprint density at radius 3 is 2.80 bits per heavy atom. The van der Waals surface area contributed by atoms with Gasteiger partial charge in [-0.3, -0.25) is 4.79 Å². The van der Waals surface area contributed by atoms with Crippen LogP contribution in [-0.2, 0) is 11.2 Å². The lowest BCUT2D eigenvalue weighted by Gasteiger charge is -1.97. The molecule has 0 aliphatic heterocycles. The number of H-pyrrole nitrogens is 1. The van der Waals surface area contributed by atoms with Crippen LogP contribution in [0.4, 0.5) is 0 Å². The number of aromatic nitrogens is 2. The number of nitrogens with zero attached hydrogens (tertiary/aromatic N) is 1. The maximum atomic E-state index is 11.7. The van der Waals surface area contributed by atoms with E-state index in [0.29, 0.717) is 0 Å². The molecule has 0 aromatic carbocycles. The summed E-state index contributed by atoms with van der Waals surface area (Å²) >= 11 is 1.66. The zero-order valence-corrected chi connectivity index (χ0v) is 13.2. The van der Waals surface area contributed by atoms with Crippen LogP contribution in [0.15, 0.2) is 5.38 Å². The number of aromatic amines is 1. The highest BCUT2D eigenvalue weighted by Crippen LogP contribution is 2.29. The van der Waals surface area contributed by atoms with Gasteiger partial charge in [0.15, 0.2) is 5.78 Å². The molecule has 0 radical (unpaired) electrons. The average Bonchev–Trinajstić information content (AvgIpc) is 2.94. The molecule has 0 amide bonds. The monoisotopic (exact) mass is 292 g/mol. The molecule has 108 valence electrons. The van der Waals surface area contributed by atoms with Crippen molar-refractivity contribution in [2.24, 2.45) is 0 Å². The number of rotatable bonds is 6. The standard InChI is InChI=1S/C15H20N2O2S/c1-9-14(11(3)18)10(2)16-15(9)12-8-20-13(17-12)6-5-7-19-4/h8,16H,5-7H2,1-4H3. The molecule has 0 aliphatic carbocycles. The number of methoxy groups -OCH3 is 1. The molecule has 2 aromatic heterocycles. The van der Waals surface area contributed by atoms with Crippen LogP contribution in [0.3, 0.4) is 0 Å². The Kier molecular flexibility index (Phi) is 4.73. The Morgan fingerprint density at radius 2 is 2.20 bits per heavy atom. The summed E-state index contributed by atoms with van der Waals surface area (Å²) in [5, 5.41) is 3.15. The predicted molar refractivity (Wildman–Crippen MR) is 81.6 cm³/mol. The van der Waals surface area contributed by atoms with Gasteiger partial charge in [0.05, 0.1) is 16.4 Å². The average molecular weight is 292 g/mol. The second-order valence-electron chi connectivity index (χ2n) is 4.90. The molecular formula is C15H20N2O2S. The summed E-state index contributed by atoms with van der Waals surface area (Å²) in [6.07, 6.45) is 1.90. The van der Waals surface area contributed by atoms with Gasteiger partial charge in [-0.2, -0.15) is 0 Å². The number of thiazole rings is 1. The molecule has 20 heavy (non-hydrogen) atoms. The van der Waals surface area contributed by atoms with Crippen molar-refractivity contribution in [1.82, 2.24) is 9.97 Å². The fraction of sp³-hybridized carbons (Fsp3) is 0.467. The highest BCUT2D eigenvalue weighted by molar-refractivity contribution is 7.09. The smallest absolute Gasteiger partial charge is 0.161 e. The van der Waals surface area contributed by atoms with E-state index in [1.54, 1.807) is 25.4 Å². The molecule has 2 aromatic rings. The first-order chi connectivity index (χ1) is 9.54. The summed E-state index contributed by atoms with van der Waals surface area (Å²) in [6.45, 7) is 6.26. The van der Waals surface area contributed by atoms with Crippen molar-refractivity contribution in [3.63, 3.8) is 0 Å². The molecule has 0 atom stereocenters. The zero-order chi connectivity index (χ0) is 14.7. The van der Waals surface area contributed by atoms with E-state index in [4.69, 9.17) is 4.74 Å². The molecule has 0 fully saturated rings. The maximum Gasteiger partial charge on any atom is 0.161 e. The largest absolute Gasteiger partial charge is 0.385 e. The number of hydrogen-bond donors (Lipinski definition) is 1. The molecule has 0 spiro atoms. The number of nitrogens with one attached hydrogen (secondary N) is 1. The Labute approximate surface area is 123 Å². The van der Waals surface area contributed by atoms with Crippen molar-refractivity contribution in [2.75, 3.05) is 13.7 Å². The van der Waals surface area contributed by atoms with Gasteiger partial charge in [0, 0.05) is 36.8 Å². The third-order valence-electron chi connectivity index (χ3n) is 3.34. The van der Waals surface area contributed by atoms with Crippen molar-refractivity contribution in [3.8, 4) is 11.4 Å². The van der Waals surface area contributed by atoms with Crippen molar-refractivity contribution in [2.45, 2.75) is 33.6 Å². The topological polar surface area (TPSA) is 55.0 Å². The minimum absolute atomic E-state index is 0.0954. The number of aryl methyl sites for hydroxylation is 2. The fourth-order valence-corrected chi connectivity index (χ4v) is 3.27. The van der Waals surface area contributed by atoms with Crippen molar-refractivity contribution in [1.29, 1.82) is 0 Å². The Bertz CT molecular complexity index is 613. The van der Waals surface area contributed by atoms with E-state index in [2.05, 4.69) is 9.97 Å². The van der Waals surface area contributed by atoms with Crippen LogP contribution >= 0.6 is 11.3 Å². The van der Waals surface area contributed by atoms with Gasteiger partial charge in [-0.1, -0.05) is 0 Å². The Morgan fingerprint density at radius 1 is 1.45 bits per heavy atom. The van der Waals surface area contributed by atoms with E-state index >= 15 is 0 Å². The molecule has 1 N–H and O–H groups in total. The SMILES string of the molecule is COCCCc1nc(-c2[nH]c(C)c(C(C)=O)c2C)cs1. The van der Waals surface area contributed by atoms with Gasteiger partial charge in [-0.25, -0.2) is 4.98 Å². The molecule has 5 heteroatoms. The summed E-state index contributed by atoms with van der Waals surface area (Å²) < 4.78 is 5.05. The minimum atomic E-state index is 0.0954. The number of hydrogen-bond acceptors (Lipinski definition) is 4. The number of carbonyl (C=O) groups excluding carboxylic acids is 1. The number of ether oxygens (including phenoxy) is 1. The lowest BCUT2D eigenvalue weighted by atomic mass is 10.1. The van der Waals surface area contributed by atoms with Crippen LogP contribution in [-0.4, -0.2) is 29.5 Å². The van der Waals surface area contributed by atoms with Gasteiger partial charge in [0.2, 0.25) is 0 Å². The van der Waals surface area contributed by atoms with Crippen molar-refractivity contribution < 1.29 is 9.53 Å². The van der Waals surface area contributed by atoms with Crippen LogP contribution in [0.5, 0.6) is 0 Å². The normalized spacial score (nSPS) is 11.0. The second kappa shape index (κ2) is 6.33. The summed E-state index contributed by atoms with van der Waals surface area (Å²) in [5.41, 5.74) is 4.58. The first-order valence-corrected chi connectivity index (χ1v) is 7.56. The summed E-state index contributed by atoms with van der Waals surface area (Å²) in [7, 11) is 1.71. The number of carbonyl (C=O) groups is 1. The van der Waals surface area contributed by atoms with Crippen molar-refractivity contribution >= 4 is 17.1 Å². The molecule has 0 unspecified atom stereocenters. The minimum Gasteiger partial charge on any atom is -0.385 e. The van der Waals surface area contributed by atoms with Crippen LogP contribution in [0, 0.1) is 13.8 Å². The molecule has 0 saturated carbocycles. The molecular weight excluding hydrogens is 272 g/mol. The van der Waals surface area contributed by atoms with E-state index in [0.717, 1.165) is 52.7 Å². The number of Topliss-reactive ketones (excluding diaryl/α,β-unsaturated/α-hetero) is 1. The molecule has 0 bridgehead atoms. The van der Waals surface area contributed by atoms with Gasteiger partial charge in [-0.05, 0) is 32.8 Å². The quantitative estimate of drug-likeness (QED) is 0.654. The highest BCUT2D eigenvalue weighted by atomic mass is 32.1. The van der Waals surface area contributed by atoms with Gasteiger partial charge in [0.25, 0.3) is 0 Å². The molecule has 2 heterocycles. The number of ketones is 1. The van der Waals surface area contributed by atoms with E-state index in [1.165, 1.54) is 0 Å². The first kappa shape index (κ1) is 14.9. The third-order valence-corrected chi connectivity index (χ3v) is 4.25. The summed E-state index contributed by atoms with van der Waals surface area (Å²) in [4.78, 5) is 19.6. The fourth-order valence-electron chi connectivity index (χ4n) is 2.44. The van der Waals surface area contributed by atoms with E-state index in [9.17, 15) is 4.79 Å². The zero-order valence-electron chi connectivity index (χ0n) is 12.4. The summed E-state index contributed by atoms with van der Waals surface area (Å²) in [5.74, 6) is 0.0954. The van der Waals surface area contributed by atoms with Crippen LogP contribution in [0.25, 0.3) is 11.4 Å². The van der Waals surface area contributed by atoms with Crippen LogP contribution in [0.2, 0.25) is 0 Å². The summed E-state index contributed by atoms with van der Waals surface area (Å²) in [6, 6.07) is 0. The molecule has 0 aliphatic rings. The predicted octanol–water partition coefficient (Wildman–Crippen LogP) is 3.54. The third kappa shape index (κ3) is 2.99. The molecule has 0 saturated heterocycles. The molecule has 4 nitrogen and oxygen atoms in total.